The van der Waals surface area contributed by atoms with Gasteiger partial charge in [0.25, 0.3) is 0 Å². The zero-order chi connectivity index (χ0) is 12.8. The molecular formula is C10H8BF6-. The van der Waals surface area contributed by atoms with Crippen LogP contribution in [0.25, 0.3) is 0 Å². The van der Waals surface area contributed by atoms with E-state index < -0.39 is 30.5 Å². The summed E-state index contributed by atoms with van der Waals surface area (Å²) in [5.41, 5.74) is -0.502. The van der Waals surface area contributed by atoms with Gasteiger partial charge in [-0.1, -0.05) is 24.4 Å². The molecule has 1 fully saturated rings. The number of hydrogen-bond donors (Lipinski definition) is 0. The van der Waals surface area contributed by atoms with Gasteiger partial charge in [-0.05, 0) is 23.6 Å². The van der Waals surface area contributed by atoms with E-state index >= 15 is 0 Å². The first-order valence-corrected chi connectivity index (χ1v) is 5.06. The van der Waals surface area contributed by atoms with E-state index in [0.29, 0.717) is 5.56 Å². The van der Waals surface area contributed by atoms with Crippen LogP contribution in [0.2, 0.25) is 5.82 Å². The molecule has 2 atom stereocenters. The van der Waals surface area contributed by atoms with E-state index in [9.17, 15) is 26.1 Å². The second-order valence-corrected chi connectivity index (χ2v) is 4.25. The Kier molecular flexibility index (Phi) is 2.67. The van der Waals surface area contributed by atoms with Gasteiger partial charge >= 0.3 is 13.2 Å². The van der Waals surface area contributed by atoms with Crippen LogP contribution >= 0.6 is 0 Å². The molecule has 17 heavy (non-hydrogen) atoms. The minimum atomic E-state index is -4.88. The van der Waals surface area contributed by atoms with Gasteiger partial charge in [0, 0.05) is 0 Å². The van der Waals surface area contributed by atoms with Crippen molar-refractivity contribution in [3.63, 3.8) is 0 Å². The molecule has 0 aromatic heterocycles. The number of hydrogen-bond acceptors (Lipinski definition) is 0. The van der Waals surface area contributed by atoms with Crippen molar-refractivity contribution in [2.45, 2.75) is 24.3 Å². The van der Waals surface area contributed by atoms with Crippen LogP contribution in [0.15, 0.2) is 24.3 Å². The van der Waals surface area contributed by atoms with Gasteiger partial charge in [0.15, 0.2) is 0 Å². The smallest absolute Gasteiger partial charge is 0.449 e. The molecule has 1 aromatic rings. The molecule has 0 unspecified atom stereocenters. The first kappa shape index (κ1) is 12.3. The number of alkyl halides is 3. The molecule has 1 aromatic carbocycles. The predicted octanol–water partition coefficient (Wildman–Crippen LogP) is 4.41. The van der Waals surface area contributed by atoms with Crippen molar-refractivity contribution in [2.24, 2.45) is 0 Å². The highest BCUT2D eigenvalue weighted by Gasteiger charge is 2.51. The van der Waals surface area contributed by atoms with E-state index in [-0.39, 0.29) is 6.42 Å². The summed E-state index contributed by atoms with van der Waals surface area (Å²) in [7, 11) is 0. The molecule has 1 saturated carbocycles. The summed E-state index contributed by atoms with van der Waals surface area (Å²) in [6.07, 6.45) is -4.45. The minimum Gasteiger partial charge on any atom is -0.449 e. The summed E-state index contributed by atoms with van der Waals surface area (Å²) in [5, 5.41) is 0. The average molecular weight is 253 g/mol. The Morgan fingerprint density at radius 1 is 1.00 bits per heavy atom. The van der Waals surface area contributed by atoms with E-state index in [4.69, 9.17) is 0 Å². The molecule has 1 aliphatic rings. The highest BCUT2D eigenvalue weighted by molar-refractivity contribution is 6.61. The Bertz CT molecular complexity index is 404. The number of benzene rings is 1. The standard InChI is InChI=1S/C10H8BF6/c12-10(13,14)7-3-1-6(2-4-7)8-5-9(8)11(15,16)17/h1-4,8-9H,5H2/q-1/t8-,9+/m1/s1. The van der Waals surface area contributed by atoms with Gasteiger partial charge in [-0.3, -0.25) is 0 Å². The van der Waals surface area contributed by atoms with E-state index in [0.717, 1.165) is 24.3 Å². The molecule has 94 valence electrons. The van der Waals surface area contributed by atoms with Gasteiger partial charge in [0.2, 0.25) is 0 Å². The lowest BCUT2D eigenvalue weighted by Crippen LogP contribution is -2.15. The molecule has 0 radical (unpaired) electrons. The fourth-order valence-electron chi connectivity index (χ4n) is 1.93. The summed E-state index contributed by atoms with van der Waals surface area (Å²) < 4.78 is 73.7. The van der Waals surface area contributed by atoms with Crippen LogP contribution in [-0.4, -0.2) is 6.98 Å². The Hall–Kier alpha value is -1.14. The molecule has 0 heterocycles. The lowest BCUT2D eigenvalue weighted by molar-refractivity contribution is -0.137. The van der Waals surface area contributed by atoms with Crippen molar-refractivity contribution in [3.8, 4) is 0 Å². The Morgan fingerprint density at radius 3 is 1.88 bits per heavy atom. The Balaban J connectivity index is 2.11. The summed E-state index contributed by atoms with van der Waals surface area (Å²) >= 11 is 0. The molecule has 0 N–H and O–H groups in total. The largest absolute Gasteiger partial charge is 0.481 e. The maximum absolute atomic E-state index is 12.3. The van der Waals surface area contributed by atoms with E-state index in [2.05, 4.69) is 0 Å². The van der Waals surface area contributed by atoms with Crippen LogP contribution < -0.4 is 0 Å². The fourth-order valence-corrected chi connectivity index (χ4v) is 1.93. The summed E-state index contributed by atoms with van der Waals surface area (Å²) in [6, 6.07) is 3.92. The molecule has 2 rings (SSSR count). The van der Waals surface area contributed by atoms with Crippen LogP contribution in [-0.2, 0) is 6.18 Å². The van der Waals surface area contributed by atoms with Crippen molar-refractivity contribution in [2.75, 3.05) is 0 Å². The van der Waals surface area contributed by atoms with Gasteiger partial charge < -0.3 is 12.9 Å². The molecule has 0 saturated heterocycles. The highest BCUT2D eigenvalue weighted by Crippen LogP contribution is 2.59. The van der Waals surface area contributed by atoms with Gasteiger partial charge in [0.1, 0.15) is 0 Å². The van der Waals surface area contributed by atoms with Crippen molar-refractivity contribution < 1.29 is 26.1 Å². The molecule has 0 aliphatic heterocycles. The number of rotatable bonds is 2. The van der Waals surface area contributed by atoms with Gasteiger partial charge in [-0.25, -0.2) is 0 Å². The van der Waals surface area contributed by atoms with Crippen LogP contribution in [0.1, 0.15) is 23.5 Å². The van der Waals surface area contributed by atoms with Gasteiger partial charge in [-0.2, -0.15) is 13.2 Å². The zero-order valence-electron chi connectivity index (χ0n) is 8.52. The SMILES string of the molecule is F[B-](F)(F)[C@H]1C[C@@H]1c1ccc(C(F)(F)F)cc1. The lowest BCUT2D eigenvalue weighted by Gasteiger charge is -2.13. The van der Waals surface area contributed by atoms with Crippen LogP contribution in [0.5, 0.6) is 0 Å². The van der Waals surface area contributed by atoms with E-state index in [1.165, 1.54) is 0 Å². The molecule has 0 spiro atoms. The third kappa shape index (κ3) is 2.58. The summed E-state index contributed by atoms with van der Waals surface area (Å²) in [6.45, 7) is -4.88. The highest BCUT2D eigenvalue weighted by atomic mass is 19.4. The van der Waals surface area contributed by atoms with Crippen molar-refractivity contribution in [1.29, 1.82) is 0 Å². The van der Waals surface area contributed by atoms with Crippen LogP contribution in [0.3, 0.4) is 0 Å². The van der Waals surface area contributed by atoms with Crippen molar-refractivity contribution in [3.05, 3.63) is 35.4 Å². The first-order chi connectivity index (χ1) is 7.69. The predicted molar refractivity (Wildman–Crippen MR) is 51.6 cm³/mol. The Morgan fingerprint density at radius 2 is 1.53 bits per heavy atom. The van der Waals surface area contributed by atoms with Crippen molar-refractivity contribution >= 4 is 6.98 Å². The second-order valence-electron chi connectivity index (χ2n) is 4.25. The second kappa shape index (κ2) is 3.68. The molecular weight excluding hydrogens is 245 g/mol. The summed E-state index contributed by atoms with van der Waals surface area (Å²) in [5.74, 6) is -2.00. The van der Waals surface area contributed by atoms with E-state index in [1.807, 2.05) is 0 Å². The quantitative estimate of drug-likeness (QED) is 0.540. The third-order valence-corrected chi connectivity index (χ3v) is 2.99. The number of halogens is 6. The van der Waals surface area contributed by atoms with Crippen molar-refractivity contribution in [1.82, 2.24) is 0 Å². The fraction of sp³-hybridized carbons (Fsp3) is 0.400. The minimum absolute atomic E-state index is 0.00509. The lowest BCUT2D eigenvalue weighted by atomic mass is 9.81. The molecule has 0 bridgehead atoms. The molecule has 0 amide bonds. The summed E-state index contributed by atoms with van der Waals surface area (Å²) in [4.78, 5) is 0. The molecule has 1 aliphatic carbocycles. The first-order valence-electron chi connectivity index (χ1n) is 5.06. The maximum Gasteiger partial charge on any atom is 0.481 e. The van der Waals surface area contributed by atoms with Gasteiger partial charge in [-0.15, -0.1) is 0 Å². The average Bonchev–Trinajstić information content (AvgIpc) is 2.95. The normalized spacial score (nSPS) is 24.8. The van der Waals surface area contributed by atoms with E-state index in [1.54, 1.807) is 0 Å². The van der Waals surface area contributed by atoms with Gasteiger partial charge in [0.05, 0.1) is 5.56 Å². The third-order valence-electron chi connectivity index (χ3n) is 2.99. The monoisotopic (exact) mass is 253 g/mol. The molecule has 0 nitrogen and oxygen atoms in total. The Labute approximate surface area is 93.7 Å². The van der Waals surface area contributed by atoms with Crippen LogP contribution in [0.4, 0.5) is 26.1 Å². The van der Waals surface area contributed by atoms with Crippen LogP contribution in [0, 0.1) is 0 Å². The maximum atomic E-state index is 12.3. The topological polar surface area (TPSA) is 0 Å². The zero-order valence-corrected chi connectivity index (χ0v) is 8.52. The molecule has 7 heteroatoms.